The third-order valence-electron chi connectivity index (χ3n) is 6.44. The summed E-state index contributed by atoms with van der Waals surface area (Å²) in [6.45, 7) is 3.61. The number of hydrogen-bond acceptors (Lipinski definition) is 4. The van der Waals surface area contributed by atoms with E-state index in [1.165, 1.54) is 25.7 Å². The molecule has 2 heterocycles. The Morgan fingerprint density at radius 3 is 2.52 bits per heavy atom. The molecule has 1 amide bonds. The zero-order valence-corrected chi connectivity index (χ0v) is 14.5. The lowest BCUT2D eigenvalue weighted by Gasteiger charge is -2.40. The summed E-state index contributed by atoms with van der Waals surface area (Å²) < 4.78 is 0. The van der Waals surface area contributed by atoms with E-state index in [2.05, 4.69) is 14.9 Å². The van der Waals surface area contributed by atoms with Crippen LogP contribution in [0.15, 0.2) is 30.5 Å². The minimum atomic E-state index is 0.0193. The number of carbonyl (C=O) groups is 1. The van der Waals surface area contributed by atoms with Gasteiger partial charge in [0.1, 0.15) is 5.69 Å². The molecule has 1 aliphatic heterocycles. The van der Waals surface area contributed by atoms with Crippen LogP contribution in [0.1, 0.15) is 36.2 Å². The van der Waals surface area contributed by atoms with Gasteiger partial charge in [-0.1, -0.05) is 18.6 Å². The largest absolute Gasteiger partial charge is 0.335 e. The van der Waals surface area contributed by atoms with E-state index in [-0.39, 0.29) is 5.91 Å². The Labute approximate surface area is 148 Å². The predicted molar refractivity (Wildman–Crippen MR) is 96.3 cm³/mol. The first-order valence-corrected chi connectivity index (χ1v) is 9.53. The molecule has 25 heavy (non-hydrogen) atoms. The van der Waals surface area contributed by atoms with Crippen molar-refractivity contribution in [3.05, 3.63) is 36.2 Å². The van der Waals surface area contributed by atoms with Gasteiger partial charge in [-0.25, -0.2) is 4.98 Å². The van der Waals surface area contributed by atoms with Gasteiger partial charge in [-0.3, -0.25) is 14.7 Å². The number of amides is 1. The number of hydrogen-bond donors (Lipinski definition) is 0. The van der Waals surface area contributed by atoms with Crippen LogP contribution >= 0.6 is 0 Å². The fraction of sp³-hybridized carbons (Fsp3) is 0.550. The lowest BCUT2D eigenvalue weighted by atomic mass is 9.93. The van der Waals surface area contributed by atoms with Crippen molar-refractivity contribution < 1.29 is 4.79 Å². The molecule has 0 spiro atoms. The van der Waals surface area contributed by atoms with Crippen LogP contribution in [-0.2, 0) is 0 Å². The van der Waals surface area contributed by atoms with Gasteiger partial charge < -0.3 is 4.90 Å². The minimum absolute atomic E-state index is 0.0193. The van der Waals surface area contributed by atoms with Crippen LogP contribution in [-0.4, -0.2) is 57.9 Å². The molecule has 5 nitrogen and oxygen atoms in total. The highest BCUT2D eigenvalue weighted by atomic mass is 16.2. The van der Waals surface area contributed by atoms with Crippen molar-refractivity contribution in [2.45, 2.75) is 31.7 Å². The van der Waals surface area contributed by atoms with Gasteiger partial charge in [0.25, 0.3) is 5.91 Å². The first kappa shape index (κ1) is 15.3. The van der Waals surface area contributed by atoms with Crippen LogP contribution in [0, 0.1) is 11.8 Å². The second-order valence-corrected chi connectivity index (χ2v) is 7.81. The second-order valence-electron chi connectivity index (χ2n) is 7.81. The van der Waals surface area contributed by atoms with Gasteiger partial charge in [-0.2, -0.15) is 0 Å². The number of piperazine rings is 1. The van der Waals surface area contributed by atoms with Crippen LogP contribution < -0.4 is 0 Å². The van der Waals surface area contributed by atoms with Gasteiger partial charge in [-0.15, -0.1) is 0 Å². The fourth-order valence-corrected chi connectivity index (χ4v) is 5.14. The Kier molecular flexibility index (Phi) is 3.70. The predicted octanol–water partition coefficient (Wildman–Crippen LogP) is 2.58. The van der Waals surface area contributed by atoms with E-state index in [1.54, 1.807) is 6.20 Å². The van der Waals surface area contributed by atoms with Crippen molar-refractivity contribution in [1.82, 2.24) is 19.8 Å². The van der Waals surface area contributed by atoms with Gasteiger partial charge in [0.05, 0.1) is 17.2 Å². The van der Waals surface area contributed by atoms with E-state index in [1.807, 2.05) is 29.2 Å². The lowest BCUT2D eigenvalue weighted by molar-refractivity contribution is 0.0491. The van der Waals surface area contributed by atoms with Gasteiger partial charge in [-0.05, 0) is 43.2 Å². The summed E-state index contributed by atoms with van der Waals surface area (Å²) >= 11 is 0. The zero-order valence-electron chi connectivity index (χ0n) is 14.5. The van der Waals surface area contributed by atoms with Crippen molar-refractivity contribution >= 4 is 16.9 Å². The third kappa shape index (κ3) is 2.71. The van der Waals surface area contributed by atoms with E-state index < -0.39 is 0 Å². The maximum atomic E-state index is 12.8. The van der Waals surface area contributed by atoms with Gasteiger partial charge >= 0.3 is 0 Å². The second kappa shape index (κ2) is 6.06. The molecule has 1 aromatic heterocycles. The van der Waals surface area contributed by atoms with Crippen LogP contribution in [0.5, 0.6) is 0 Å². The summed E-state index contributed by atoms with van der Waals surface area (Å²) in [5.41, 5.74) is 2.08. The van der Waals surface area contributed by atoms with Crippen molar-refractivity contribution in [2.75, 3.05) is 26.2 Å². The summed E-state index contributed by atoms with van der Waals surface area (Å²) in [5.74, 6) is 1.91. The third-order valence-corrected chi connectivity index (χ3v) is 6.44. The van der Waals surface area contributed by atoms with E-state index in [0.717, 1.165) is 55.1 Å². The molecule has 3 aliphatic rings. The summed E-state index contributed by atoms with van der Waals surface area (Å²) in [4.78, 5) is 26.3. The average Bonchev–Trinajstić information content (AvgIpc) is 3.31. The van der Waals surface area contributed by atoms with Crippen LogP contribution in [0.25, 0.3) is 11.0 Å². The van der Waals surface area contributed by atoms with Gasteiger partial charge in [0.2, 0.25) is 0 Å². The maximum absolute atomic E-state index is 12.8. The highest BCUT2D eigenvalue weighted by Gasteiger charge is 2.43. The number of benzene rings is 1. The molecule has 2 aliphatic carbocycles. The fourth-order valence-electron chi connectivity index (χ4n) is 5.14. The van der Waals surface area contributed by atoms with Gasteiger partial charge in [0.15, 0.2) is 0 Å². The van der Waals surface area contributed by atoms with Crippen molar-refractivity contribution in [1.29, 1.82) is 0 Å². The quantitative estimate of drug-likeness (QED) is 0.846. The molecule has 5 heteroatoms. The molecule has 3 atom stereocenters. The number of carbonyl (C=O) groups excluding carboxylic acids is 1. The standard InChI is InChI=1S/C20H24N4O/c25-20(18-13-21-16-3-1-2-4-17(16)22-18)24-9-7-23(8-10-24)19-12-14-5-6-15(19)11-14/h1-4,13-15,19H,5-12H2/t14-,15+,19-/m0/s1. The first-order chi connectivity index (χ1) is 12.3. The minimum Gasteiger partial charge on any atom is -0.335 e. The SMILES string of the molecule is O=C(c1cnc2ccccc2n1)N1CCN([C@H]2C[C@H]3CC[C@@H]2C3)CC1. The Morgan fingerprint density at radius 1 is 1.00 bits per heavy atom. The zero-order chi connectivity index (χ0) is 16.8. The Hall–Kier alpha value is -2.01. The number of fused-ring (bicyclic) bond motifs is 3. The molecule has 3 fully saturated rings. The summed E-state index contributed by atoms with van der Waals surface area (Å²) in [7, 11) is 0. The molecule has 0 unspecified atom stereocenters. The van der Waals surface area contributed by atoms with Crippen LogP contribution in [0.4, 0.5) is 0 Å². The first-order valence-electron chi connectivity index (χ1n) is 9.53. The molecular formula is C20H24N4O. The van der Waals surface area contributed by atoms with Crippen molar-refractivity contribution in [2.24, 2.45) is 11.8 Å². The number of aromatic nitrogens is 2. The monoisotopic (exact) mass is 336 g/mol. The van der Waals surface area contributed by atoms with Crippen LogP contribution in [0.2, 0.25) is 0 Å². The highest BCUT2D eigenvalue weighted by Crippen LogP contribution is 2.46. The van der Waals surface area contributed by atoms with Crippen molar-refractivity contribution in [3.63, 3.8) is 0 Å². The number of para-hydroxylation sites is 2. The molecule has 2 aromatic rings. The van der Waals surface area contributed by atoms with E-state index in [4.69, 9.17) is 0 Å². The molecule has 130 valence electrons. The number of nitrogens with zero attached hydrogens (tertiary/aromatic N) is 4. The molecule has 1 aromatic carbocycles. The topological polar surface area (TPSA) is 49.3 Å². The van der Waals surface area contributed by atoms with E-state index >= 15 is 0 Å². The lowest BCUT2D eigenvalue weighted by Crippen LogP contribution is -2.53. The van der Waals surface area contributed by atoms with E-state index in [9.17, 15) is 4.79 Å². The molecule has 5 rings (SSSR count). The summed E-state index contributed by atoms with van der Waals surface area (Å²) in [6, 6.07) is 8.47. The number of rotatable bonds is 2. The smallest absolute Gasteiger partial charge is 0.274 e. The molecule has 0 N–H and O–H groups in total. The van der Waals surface area contributed by atoms with Gasteiger partial charge in [0, 0.05) is 32.2 Å². The highest BCUT2D eigenvalue weighted by molar-refractivity contribution is 5.93. The average molecular weight is 336 g/mol. The normalized spacial score (nSPS) is 29.4. The van der Waals surface area contributed by atoms with E-state index in [0.29, 0.717) is 5.69 Å². The maximum Gasteiger partial charge on any atom is 0.274 e. The Bertz CT molecular complexity index is 799. The van der Waals surface area contributed by atoms with Crippen molar-refractivity contribution in [3.8, 4) is 0 Å². The summed E-state index contributed by atoms with van der Waals surface area (Å²) in [5, 5.41) is 0. The molecule has 2 bridgehead atoms. The molecule has 1 saturated heterocycles. The Morgan fingerprint density at radius 2 is 1.80 bits per heavy atom. The molecule has 0 radical (unpaired) electrons. The molecular weight excluding hydrogens is 312 g/mol. The Balaban J connectivity index is 1.26. The van der Waals surface area contributed by atoms with Crippen LogP contribution in [0.3, 0.4) is 0 Å². The molecule has 2 saturated carbocycles. The summed E-state index contributed by atoms with van der Waals surface area (Å²) in [6.07, 6.45) is 7.31.